The summed E-state index contributed by atoms with van der Waals surface area (Å²) in [6.07, 6.45) is 0. The highest BCUT2D eigenvalue weighted by Crippen LogP contribution is 2.74. The van der Waals surface area contributed by atoms with Crippen LogP contribution in [0.3, 0.4) is 0 Å². The third kappa shape index (κ3) is 0.981. The fourth-order valence-electron chi connectivity index (χ4n) is 2.79. The molecule has 2 heterocycles. The van der Waals surface area contributed by atoms with Crippen molar-refractivity contribution in [3.05, 3.63) is 35.4 Å². The molecule has 1 atom stereocenters. The summed E-state index contributed by atoms with van der Waals surface area (Å²) in [5, 5.41) is 0. The second-order valence-electron chi connectivity index (χ2n) is 5.80. The summed E-state index contributed by atoms with van der Waals surface area (Å²) in [5.74, 6) is 0. The van der Waals surface area contributed by atoms with Crippen molar-refractivity contribution in [1.82, 2.24) is 0 Å². The third-order valence-corrected chi connectivity index (χ3v) is 6.69. The lowest BCUT2D eigenvalue weighted by Gasteiger charge is -2.64. The topological polar surface area (TPSA) is 9.23 Å². The van der Waals surface area contributed by atoms with E-state index >= 15 is 0 Å². The number of ether oxygens (including phenoxy) is 1. The van der Waals surface area contributed by atoms with E-state index in [4.69, 9.17) is 4.74 Å². The maximum absolute atomic E-state index is 6.16. The van der Waals surface area contributed by atoms with Crippen molar-refractivity contribution in [3.8, 4) is 0 Å². The van der Waals surface area contributed by atoms with Crippen LogP contribution in [-0.4, -0.2) is 4.75 Å². The van der Waals surface area contributed by atoms with Gasteiger partial charge in [-0.2, -0.15) is 0 Å². The molecule has 1 aromatic rings. The van der Waals surface area contributed by atoms with Gasteiger partial charge in [0.1, 0.15) is 4.93 Å². The molecule has 1 aromatic carbocycles. The van der Waals surface area contributed by atoms with Crippen molar-refractivity contribution in [2.24, 2.45) is 5.41 Å². The first-order chi connectivity index (χ1) is 7.41. The summed E-state index contributed by atoms with van der Waals surface area (Å²) >= 11 is 1.97. The second-order valence-corrected chi connectivity index (χ2v) is 7.60. The van der Waals surface area contributed by atoms with Gasteiger partial charge in [-0.25, -0.2) is 0 Å². The number of hydrogen-bond donors (Lipinski definition) is 0. The average Bonchev–Trinajstić information content (AvgIpc) is 2.60. The van der Waals surface area contributed by atoms with Crippen LogP contribution in [0.25, 0.3) is 0 Å². The highest BCUT2D eigenvalue weighted by atomic mass is 32.2. The number of rotatable bonds is 0. The fourth-order valence-corrected chi connectivity index (χ4v) is 4.69. The first-order valence-corrected chi connectivity index (χ1v) is 6.65. The molecule has 2 heteroatoms. The Bertz CT molecular complexity index is 450. The van der Waals surface area contributed by atoms with Gasteiger partial charge in [0.15, 0.2) is 0 Å². The third-order valence-electron chi connectivity index (χ3n) is 4.53. The largest absolute Gasteiger partial charge is 0.355 e. The molecular formula is C14H18OS. The average molecular weight is 234 g/mol. The van der Waals surface area contributed by atoms with Gasteiger partial charge in [-0.1, -0.05) is 38.1 Å². The predicted molar refractivity (Wildman–Crippen MR) is 68.4 cm³/mol. The van der Waals surface area contributed by atoms with E-state index in [0.29, 0.717) is 0 Å². The molecule has 0 N–H and O–H groups in total. The van der Waals surface area contributed by atoms with Crippen LogP contribution in [0.2, 0.25) is 0 Å². The number of hydrogen-bond acceptors (Lipinski definition) is 2. The van der Waals surface area contributed by atoms with E-state index in [2.05, 4.69) is 52.0 Å². The van der Waals surface area contributed by atoms with E-state index in [-0.39, 0.29) is 15.1 Å². The van der Waals surface area contributed by atoms with Crippen LogP contribution in [0.1, 0.15) is 38.8 Å². The molecule has 1 spiro atoms. The molecule has 0 saturated carbocycles. The Labute approximate surface area is 102 Å². The molecule has 1 nitrogen and oxygen atoms in total. The number of benzene rings is 1. The highest BCUT2D eigenvalue weighted by molar-refractivity contribution is 8.03. The van der Waals surface area contributed by atoms with Gasteiger partial charge in [-0.15, -0.1) is 11.8 Å². The van der Waals surface area contributed by atoms with Gasteiger partial charge < -0.3 is 4.74 Å². The summed E-state index contributed by atoms with van der Waals surface area (Å²) < 4.78 is 6.44. The minimum Gasteiger partial charge on any atom is -0.355 e. The van der Waals surface area contributed by atoms with E-state index < -0.39 is 0 Å². The van der Waals surface area contributed by atoms with Crippen molar-refractivity contribution >= 4 is 11.8 Å². The molecule has 1 unspecified atom stereocenters. The lowest BCUT2D eigenvalue weighted by atomic mass is 9.71. The number of fused-ring (bicyclic) bond motifs is 2. The Hall–Kier alpha value is -0.470. The summed E-state index contributed by atoms with van der Waals surface area (Å²) in [6.45, 7) is 10.0. The zero-order valence-corrected chi connectivity index (χ0v) is 11.1. The molecule has 2 aliphatic rings. The van der Waals surface area contributed by atoms with Crippen molar-refractivity contribution in [2.75, 3.05) is 0 Å². The van der Waals surface area contributed by atoms with Crippen LogP contribution >= 0.6 is 11.8 Å². The quantitative estimate of drug-likeness (QED) is 0.673. The van der Waals surface area contributed by atoms with Crippen LogP contribution < -0.4 is 0 Å². The molecule has 3 rings (SSSR count). The molecule has 86 valence electrons. The zero-order chi connectivity index (χ0) is 11.6. The Kier molecular flexibility index (Phi) is 1.90. The minimum atomic E-state index is -0.104. The second kappa shape index (κ2) is 2.85. The van der Waals surface area contributed by atoms with Gasteiger partial charge in [0.2, 0.25) is 0 Å². The van der Waals surface area contributed by atoms with Crippen LogP contribution in [0.5, 0.6) is 0 Å². The van der Waals surface area contributed by atoms with Crippen molar-refractivity contribution in [2.45, 2.75) is 44.0 Å². The molecule has 0 amide bonds. The van der Waals surface area contributed by atoms with Gasteiger partial charge in [0.25, 0.3) is 0 Å². The molecule has 1 saturated heterocycles. The summed E-state index contributed by atoms with van der Waals surface area (Å²) in [7, 11) is 0. The maximum Gasteiger partial charge on any atom is 0.146 e. The van der Waals surface area contributed by atoms with E-state index in [1.54, 1.807) is 0 Å². The van der Waals surface area contributed by atoms with Crippen molar-refractivity contribution in [1.29, 1.82) is 0 Å². The van der Waals surface area contributed by atoms with Crippen molar-refractivity contribution < 1.29 is 4.74 Å². The first-order valence-electron chi connectivity index (χ1n) is 5.83. The maximum atomic E-state index is 6.16. The summed E-state index contributed by atoms with van der Waals surface area (Å²) in [6, 6.07) is 8.64. The van der Waals surface area contributed by atoms with Crippen LogP contribution in [0, 0.1) is 5.41 Å². The van der Waals surface area contributed by atoms with E-state index in [9.17, 15) is 0 Å². The molecular weight excluding hydrogens is 216 g/mol. The Morgan fingerprint density at radius 2 is 1.81 bits per heavy atom. The molecule has 0 aliphatic carbocycles. The minimum absolute atomic E-state index is 0.104. The lowest BCUT2D eigenvalue weighted by Crippen LogP contribution is -2.62. The molecule has 1 fully saturated rings. The van der Waals surface area contributed by atoms with Crippen LogP contribution in [-0.2, 0) is 16.3 Å². The molecule has 16 heavy (non-hydrogen) atoms. The standard InChI is InChI=1S/C14H18OS/c1-12(2)13(3,4)16-14(12)11-8-6-5-7-10(11)9-15-14/h5-8H,9H2,1-4H3. The smallest absolute Gasteiger partial charge is 0.146 e. The fraction of sp³-hybridized carbons (Fsp3) is 0.571. The van der Waals surface area contributed by atoms with E-state index in [1.807, 2.05) is 11.8 Å². The SMILES string of the molecule is CC1(C)SC2(OCc3ccccc32)C1(C)C. The molecule has 0 radical (unpaired) electrons. The van der Waals surface area contributed by atoms with Crippen LogP contribution in [0.4, 0.5) is 0 Å². The van der Waals surface area contributed by atoms with E-state index in [0.717, 1.165) is 6.61 Å². The van der Waals surface area contributed by atoms with Gasteiger partial charge in [-0.05, 0) is 19.4 Å². The van der Waals surface area contributed by atoms with E-state index in [1.165, 1.54) is 11.1 Å². The lowest BCUT2D eigenvalue weighted by molar-refractivity contribution is -0.0864. The predicted octanol–water partition coefficient (Wildman–Crippen LogP) is 3.92. The van der Waals surface area contributed by atoms with Crippen molar-refractivity contribution in [3.63, 3.8) is 0 Å². The van der Waals surface area contributed by atoms with Gasteiger partial charge in [-0.3, -0.25) is 0 Å². The molecule has 2 aliphatic heterocycles. The molecule has 0 bridgehead atoms. The van der Waals surface area contributed by atoms with Gasteiger partial charge in [0, 0.05) is 15.7 Å². The van der Waals surface area contributed by atoms with Crippen LogP contribution in [0.15, 0.2) is 24.3 Å². The summed E-state index contributed by atoms with van der Waals surface area (Å²) in [5.41, 5.74) is 2.93. The number of thioether (sulfide) groups is 1. The highest BCUT2D eigenvalue weighted by Gasteiger charge is 2.69. The Morgan fingerprint density at radius 1 is 1.12 bits per heavy atom. The first kappa shape index (κ1) is 10.7. The monoisotopic (exact) mass is 234 g/mol. The van der Waals surface area contributed by atoms with Gasteiger partial charge >= 0.3 is 0 Å². The zero-order valence-electron chi connectivity index (χ0n) is 10.3. The summed E-state index contributed by atoms with van der Waals surface area (Å²) in [4.78, 5) is -0.104. The Morgan fingerprint density at radius 3 is 2.44 bits per heavy atom. The Balaban J connectivity index is 2.12. The van der Waals surface area contributed by atoms with Gasteiger partial charge in [0.05, 0.1) is 6.61 Å². The normalized spacial score (nSPS) is 33.5. The molecule has 0 aromatic heterocycles.